The van der Waals surface area contributed by atoms with Gasteiger partial charge in [-0.15, -0.1) is 0 Å². The first-order valence-corrected chi connectivity index (χ1v) is 8.64. The third kappa shape index (κ3) is 4.70. The molecule has 1 heterocycles. The van der Waals surface area contributed by atoms with E-state index in [1.807, 2.05) is 24.3 Å². The Morgan fingerprint density at radius 3 is 2.39 bits per heavy atom. The second-order valence-electron chi connectivity index (χ2n) is 6.16. The van der Waals surface area contributed by atoms with E-state index in [1.165, 1.54) is 6.92 Å². The van der Waals surface area contributed by atoms with Gasteiger partial charge in [0.05, 0.1) is 7.11 Å². The molecule has 0 fully saturated rings. The van der Waals surface area contributed by atoms with Crippen LogP contribution in [0.4, 0.5) is 17.3 Å². The van der Waals surface area contributed by atoms with Gasteiger partial charge in [0.2, 0.25) is 5.95 Å². The van der Waals surface area contributed by atoms with Crippen molar-refractivity contribution in [1.82, 2.24) is 9.97 Å². The molecule has 0 aliphatic carbocycles. The van der Waals surface area contributed by atoms with Crippen LogP contribution < -0.4 is 15.4 Å². The Morgan fingerprint density at radius 1 is 0.964 bits per heavy atom. The third-order valence-corrected chi connectivity index (χ3v) is 3.96. The fourth-order valence-electron chi connectivity index (χ4n) is 2.56. The highest BCUT2D eigenvalue weighted by molar-refractivity contribution is 6.04. The zero-order valence-corrected chi connectivity index (χ0v) is 15.8. The van der Waals surface area contributed by atoms with Crippen molar-refractivity contribution in [2.75, 3.05) is 17.7 Å². The minimum absolute atomic E-state index is 0.0695. The largest absolute Gasteiger partial charge is 0.497 e. The quantitative estimate of drug-likeness (QED) is 0.632. The van der Waals surface area contributed by atoms with Crippen molar-refractivity contribution >= 4 is 29.0 Å². The second-order valence-corrected chi connectivity index (χ2v) is 6.16. The topological polar surface area (TPSA) is 93.2 Å². The number of benzene rings is 2. The fraction of sp³-hybridized carbons (Fsp3) is 0.143. The molecular formula is C21H20N4O3. The highest BCUT2D eigenvalue weighted by atomic mass is 16.5. The summed E-state index contributed by atoms with van der Waals surface area (Å²) in [7, 11) is 1.60. The summed E-state index contributed by atoms with van der Waals surface area (Å²) in [5, 5.41) is 5.84. The molecule has 0 atom stereocenters. The first-order chi connectivity index (χ1) is 13.4. The monoisotopic (exact) mass is 376 g/mol. The lowest BCUT2D eigenvalue weighted by atomic mass is 10.1. The van der Waals surface area contributed by atoms with Crippen molar-refractivity contribution in [3.63, 3.8) is 0 Å². The highest BCUT2D eigenvalue weighted by Crippen LogP contribution is 2.19. The lowest BCUT2D eigenvalue weighted by Gasteiger charge is -2.10. The van der Waals surface area contributed by atoms with Crippen LogP contribution in [0.1, 0.15) is 33.5 Å². The number of anilines is 3. The van der Waals surface area contributed by atoms with Crippen LogP contribution in [0.5, 0.6) is 5.75 Å². The maximum absolute atomic E-state index is 12.6. The number of nitrogens with zero attached hydrogens (tertiary/aromatic N) is 2. The summed E-state index contributed by atoms with van der Waals surface area (Å²) in [6.45, 7) is 3.26. The van der Waals surface area contributed by atoms with E-state index in [9.17, 15) is 9.59 Å². The van der Waals surface area contributed by atoms with Gasteiger partial charge in [0, 0.05) is 22.6 Å². The van der Waals surface area contributed by atoms with Gasteiger partial charge in [-0.05, 0) is 56.3 Å². The van der Waals surface area contributed by atoms with E-state index < -0.39 is 0 Å². The third-order valence-electron chi connectivity index (χ3n) is 3.96. The minimum Gasteiger partial charge on any atom is -0.497 e. The Morgan fingerprint density at radius 2 is 1.71 bits per heavy atom. The van der Waals surface area contributed by atoms with Crippen LogP contribution in [0.2, 0.25) is 0 Å². The van der Waals surface area contributed by atoms with Crippen molar-refractivity contribution in [1.29, 1.82) is 0 Å². The lowest BCUT2D eigenvalue weighted by Crippen LogP contribution is -2.15. The van der Waals surface area contributed by atoms with E-state index >= 15 is 0 Å². The van der Waals surface area contributed by atoms with Crippen LogP contribution in [-0.4, -0.2) is 28.8 Å². The Labute approximate surface area is 162 Å². The van der Waals surface area contributed by atoms with Crippen LogP contribution in [-0.2, 0) is 0 Å². The van der Waals surface area contributed by atoms with Crippen molar-refractivity contribution in [3.05, 3.63) is 71.5 Å². The Balaban J connectivity index is 1.79. The molecule has 2 N–H and O–H groups in total. The summed E-state index contributed by atoms with van der Waals surface area (Å²) < 4.78 is 5.14. The number of aryl methyl sites for hydroxylation is 1. The molecule has 3 rings (SSSR count). The molecule has 0 saturated carbocycles. The van der Waals surface area contributed by atoms with Gasteiger partial charge >= 0.3 is 0 Å². The van der Waals surface area contributed by atoms with Gasteiger partial charge in [0.1, 0.15) is 11.4 Å². The molecule has 0 radical (unpaired) electrons. The average Bonchev–Trinajstić information content (AvgIpc) is 2.68. The molecule has 7 nitrogen and oxygen atoms in total. The summed E-state index contributed by atoms with van der Waals surface area (Å²) >= 11 is 0. The van der Waals surface area contributed by atoms with E-state index in [0.29, 0.717) is 22.9 Å². The van der Waals surface area contributed by atoms with Crippen molar-refractivity contribution in [2.24, 2.45) is 0 Å². The zero-order chi connectivity index (χ0) is 20.1. The molecule has 142 valence electrons. The number of hydrogen-bond acceptors (Lipinski definition) is 6. The van der Waals surface area contributed by atoms with Gasteiger partial charge in [-0.25, -0.2) is 9.97 Å². The van der Waals surface area contributed by atoms with Crippen LogP contribution in [0.15, 0.2) is 54.6 Å². The number of methoxy groups -OCH3 is 1. The number of hydrogen-bond donors (Lipinski definition) is 2. The minimum atomic E-state index is -0.385. The fourth-order valence-corrected chi connectivity index (χ4v) is 2.56. The predicted molar refractivity (Wildman–Crippen MR) is 107 cm³/mol. The van der Waals surface area contributed by atoms with Gasteiger partial charge in [-0.2, -0.15) is 0 Å². The summed E-state index contributed by atoms with van der Waals surface area (Å²) in [4.78, 5) is 32.7. The molecule has 7 heteroatoms. The average molecular weight is 376 g/mol. The number of Topliss-reactive ketones (excluding diaryl/α,β-unsaturated/α-hetero) is 1. The number of ether oxygens (including phenoxy) is 1. The maximum Gasteiger partial charge on any atom is 0.274 e. The molecule has 0 aliphatic heterocycles. The molecule has 0 spiro atoms. The van der Waals surface area contributed by atoms with E-state index in [1.54, 1.807) is 44.4 Å². The molecule has 0 unspecified atom stereocenters. The predicted octanol–water partition coefficient (Wildman–Crippen LogP) is 3.99. The van der Waals surface area contributed by atoms with E-state index in [0.717, 1.165) is 11.4 Å². The SMILES string of the molecule is COc1ccc(Nc2nc(C)cc(C(=O)Nc3cccc(C(C)=O)c3)n2)cc1. The number of rotatable bonds is 6. The Hall–Kier alpha value is -3.74. The molecular weight excluding hydrogens is 356 g/mol. The first-order valence-electron chi connectivity index (χ1n) is 8.64. The molecule has 0 saturated heterocycles. The van der Waals surface area contributed by atoms with Crippen LogP contribution >= 0.6 is 0 Å². The number of aromatic nitrogens is 2. The first kappa shape index (κ1) is 19.0. The summed E-state index contributed by atoms with van der Waals surface area (Å²) in [6.07, 6.45) is 0. The molecule has 3 aromatic rings. The van der Waals surface area contributed by atoms with Gasteiger partial charge in [-0.1, -0.05) is 12.1 Å². The molecule has 1 amide bonds. The van der Waals surface area contributed by atoms with Gasteiger partial charge in [0.25, 0.3) is 5.91 Å². The molecule has 1 aromatic heterocycles. The normalized spacial score (nSPS) is 10.2. The van der Waals surface area contributed by atoms with Crippen LogP contribution in [0, 0.1) is 6.92 Å². The molecule has 0 aliphatic rings. The summed E-state index contributed by atoms with van der Waals surface area (Å²) in [5.41, 5.74) is 2.69. The van der Waals surface area contributed by atoms with Crippen molar-refractivity contribution < 1.29 is 14.3 Å². The molecule has 0 bridgehead atoms. The molecule has 2 aromatic carbocycles. The smallest absolute Gasteiger partial charge is 0.274 e. The lowest BCUT2D eigenvalue weighted by molar-refractivity contribution is 0.100. The highest BCUT2D eigenvalue weighted by Gasteiger charge is 2.12. The Bertz CT molecular complexity index is 1020. The number of nitrogens with one attached hydrogen (secondary N) is 2. The van der Waals surface area contributed by atoms with E-state index in [4.69, 9.17) is 4.74 Å². The van der Waals surface area contributed by atoms with E-state index in [2.05, 4.69) is 20.6 Å². The van der Waals surface area contributed by atoms with E-state index in [-0.39, 0.29) is 17.4 Å². The van der Waals surface area contributed by atoms with Crippen LogP contribution in [0.3, 0.4) is 0 Å². The van der Waals surface area contributed by atoms with Crippen molar-refractivity contribution in [2.45, 2.75) is 13.8 Å². The zero-order valence-electron chi connectivity index (χ0n) is 15.8. The van der Waals surface area contributed by atoms with Gasteiger partial charge in [-0.3, -0.25) is 9.59 Å². The number of carbonyl (C=O) groups is 2. The van der Waals surface area contributed by atoms with Crippen LogP contribution in [0.25, 0.3) is 0 Å². The number of amides is 1. The molecule has 28 heavy (non-hydrogen) atoms. The standard InChI is InChI=1S/C21H20N4O3/c1-13-11-19(20(27)23-17-6-4-5-15(12-17)14(2)26)25-21(22-13)24-16-7-9-18(28-3)10-8-16/h4-12H,1-3H3,(H,23,27)(H,22,24,25). The second kappa shape index (κ2) is 8.30. The van der Waals surface area contributed by atoms with Crippen molar-refractivity contribution in [3.8, 4) is 5.75 Å². The number of carbonyl (C=O) groups excluding carboxylic acids is 2. The summed E-state index contributed by atoms with van der Waals surface area (Å²) in [6, 6.07) is 15.7. The Kier molecular flexibility index (Phi) is 5.64. The van der Waals surface area contributed by atoms with Gasteiger partial charge in [0.15, 0.2) is 5.78 Å². The van der Waals surface area contributed by atoms with Gasteiger partial charge < -0.3 is 15.4 Å². The summed E-state index contributed by atoms with van der Waals surface area (Å²) in [5.74, 6) is 0.598. The number of ketones is 1. The maximum atomic E-state index is 12.6.